The monoisotopic (exact) mass is 499 g/mol. The molecule has 3 heterocycles. The molecule has 0 aliphatic carbocycles. The first kappa shape index (κ1) is 24.4. The lowest BCUT2D eigenvalue weighted by Gasteiger charge is -2.34. The van der Waals surface area contributed by atoms with Crippen molar-refractivity contribution in [3.05, 3.63) is 65.3 Å². The molecule has 11 heteroatoms. The molecule has 0 atom stereocenters. The number of carbonyl (C=O) groups excluding carboxylic acids is 3. The molecule has 1 N–H and O–H groups in total. The van der Waals surface area contributed by atoms with Crippen molar-refractivity contribution in [1.82, 2.24) is 19.7 Å². The summed E-state index contributed by atoms with van der Waals surface area (Å²) < 4.78 is 18.5. The Kier molecular flexibility index (Phi) is 7.76. The van der Waals surface area contributed by atoms with Crippen LogP contribution in [0.1, 0.15) is 29.6 Å². The number of aromatic nitrogens is 1. The van der Waals surface area contributed by atoms with Gasteiger partial charge in [0, 0.05) is 57.1 Å². The van der Waals surface area contributed by atoms with E-state index >= 15 is 0 Å². The van der Waals surface area contributed by atoms with Gasteiger partial charge in [-0.3, -0.25) is 14.4 Å². The van der Waals surface area contributed by atoms with Gasteiger partial charge in [0.05, 0.1) is 12.8 Å². The van der Waals surface area contributed by atoms with Gasteiger partial charge in [-0.2, -0.15) is 0 Å². The van der Waals surface area contributed by atoms with E-state index in [2.05, 4.69) is 10.3 Å². The highest BCUT2D eigenvalue weighted by Crippen LogP contribution is 2.22. The van der Waals surface area contributed by atoms with E-state index in [1.807, 2.05) is 0 Å². The number of hydrogen-bond donors (Lipinski definition) is 1. The lowest BCUT2D eigenvalue weighted by atomic mass is 10.2. The fraction of sp³-hybridized carbons (Fsp3) is 0.333. The lowest BCUT2D eigenvalue weighted by molar-refractivity contribution is -0.138. The third kappa shape index (κ3) is 6.44. The summed E-state index contributed by atoms with van der Waals surface area (Å²) in [6, 6.07) is 9.36. The molecule has 1 saturated heterocycles. The summed E-state index contributed by atoms with van der Waals surface area (Å²) in [4.78, 5) is 46.9. The van der Waals surface area contributed by atoms with E-state index in [0.29, 0.717) is 42.8 Å². The number of halogens is 1. The molecule has 2 aromatic heterocycles. The highest BCUT2D eigenvalue weighted by Gasteiger charge is 2.25. The Hall–Kier alpha value is -3.73. The number of amides is 3. The fourth-order valence-corrected chi connectivity index (χ4v) is 4.46. The van der Waals surface area contributed by atoms with Gasteiger partial charge in [-0.15, -0.1) is 11.3 Å². The Bertz CT molecular complexity index is 1160. The van der Waals surface area contributed by atoms with Crippen LogP contribution in [-0.2, 0) is 16.1 Å². The SMILES string of the molecule is CC(=O)N1CCN(C(=O)CCN(Cc2ccco2)C(=O)c2csc(Nc3ccc(F)cc3)n2)CC1. The minimum absolute atomic E-state index is 0.00358. The number of hydrogen-bond acceptors (Lipinski definition) is 7. The van der Waals surface area contributed by atoms with Crippen LogP contribution in [0.15, 0.2) is 52.5 Å². The van der Waals surface area contributed by atoms with E-state index in [1.165, 1.54) is 36.7 Å². The van der Waals surface area contributed by atoms with Gasteiger partial charge in [0.2, 0.25) is 11.8 Å². The van der Waals surface area contributed by atoms with Crippen LogP contribution in [0.5, 0.6) is 0 Å². The standard InChI is InChI=1S/C24H26FN5O4S/c1-17(31)28-10-12-29(13-11-28)22(32)8-9-30(15-20-3-2-14-34-20)23(33)21-16-35-24(27-21)26-19-6-4-18(25)5-7-19/h2-7,14,16H,8-13,15H2,1H3,(H,26,27). The van der Waals surface area contributed by atoms with Crippen LogP contribution in [0.4, 0.5) is 15.2 Å². The molecule has 0 unspecified atom stereocenters. The first-order chi connectivity index (χ1) is 16.9. The maximum atomic E-state index is 13.3. The Morgan fingerprint density at radius 2 is 1.83 bits per heavy atom. The molecular formula is C24H26FN5O4S. The number of piperazine rings is 1. The van der Waals surface area contributed by atoms with Gasteiger partial charge in [0.1, 0.15) is 17.3 Å². The van der Waals surface area contributed by atoms with Crippen molar-refractivity contribution in [2.45, 2.75) is 19.9 Å². The van der Waals surface area contributed by atoms with Gasteiger partial charge >= 0.3 is 0 Å². The third-order valence-corrected chi connectivity index (χ3v) is 6.46. The summed E-state index contributed by atoms with van der Waals surface area (Å²) in [6.07, 6.45) is 1.68. The van der Waals surface area contributed by atoms with E-state index in [-0.39, 0.29) is 48.7 Å². The molecule has 1 fully saturated rings. The summed E-state index contributed by atoms with van der Waals surface area (Å²) >= 11 is 1.26. The molecule has 35 heavy (non-hydrogen) atoms. The van der Waals surface area contributed by atoms with Crippen LogP contribution >= 0.6 is 11.3 Å². The Balaban J connectivity index is 1.39. The maximum Gasteiger partial charge on any atom is 0.273 e. The first-order valence-corrected chi connectivity index (χ1v) is 12.1. The second-order valence-corrected chi connectivity index (χ2v) is 8.97. The average molecular weight is 500 g/mol. The van der Waals surface area contributed by atoms with Crippen molar-refractivity contribution in [3.8, 4) is 0 Å². The predicted molar refractivity (Wildman–Crippen MR) is 129 cm³/mol. The van der Waals surface area contributed by atoms with Gasteiger partial charge in [-0.05, 0) is 36.4 Å². The molecule has 0 saturated carbocycles. The zero-order chi connectivity index (χ0) is 24.8. The highest BCUT2D eigenvalue weighted by molar-refractivity contribution is 7.14. The number of benzene rings is 1. The predicted octanol–water partition coefficient (Wildman–Crippen LogP) is 3.34. The molecule has 3 aromatic rings. The van der Waals surface area contributed by atoms with E-state index in [0.717, 1.165) is 0 Å². The first-order valence-electron chi connectivity index (χ1n) is 11.2. The minimum Gasteiger partial charge on any atom is -0.467 e. The second-order valence-electron chi connectivity index (χ2n) is 8.11. The smallest absolute Gasteiger partial charge is 0.273 e. The van der Waals surface area contributed by atoms with E-state index in [4.69, 9.17) is 4.42 Å². The van der Waals surface area contributed by atoms with Crippen molar-refractivity contribution in [2.24, 2.45) is 0 Å². The molecule has 0 radical (unpaired) electrons. The summed E-state index contributed by atoms with van der Waals surface area (Å²) in [5.74, 6) is -0.125. The average Bonchev–Trinajstić information content (AvgIpc) is 3.55. The van der Waals surface area contributed by atoms with Crippen molar-refractivity contribution in [2.75, 3.05) is 38.0 Å². The van der Waals surface area contributed by atoms with Crippen molar-refractivity contribution >= 4 is 39.9 Å². The maximum absolute atomic E-state index is 13.3. The van der Waals surface area contributed by atoms with Crippen LogP contribution in [0, 0.1) is 5.82 Å². The summed E-state index contributed by atoms with van der Waals surface area (Å²) in [5, 5.41) is 5.20. The van der Waals surface area contributed by atoms with Crippen LogP contribution < -0.4 is 5.32 Å². The van der Waals surface area contributed by atoms with Crippen LogP contribution in [0.2, 0.25) is 0 Å². The Morgan fingerprint density at radius 3 is 2.49 bits per heavy atom. The zero-order valence-corrected chi connectivity index (χ0v) is 20.1. The van der Waals surface area contributed by atoms with Crippen LogP contribution in [0.25, 0.3) is 0 Å². The number of nitrogens with one attached hydrogen (secondary N) is 1. The third-order valence-electron chi connectivity index (χ3n) is 5.71. The van der Waals surface area contributed by atoms with E-state index in [9.17, 15) is 18.8 Å². The second kappa shape index (κ2) is 11.1. The van der Waals surface area contributed by atoms with Gasteiger partial charge < -0.3 is 24.4 Å². The topological polar surface area (TPSA) is 99.0 Å². The quantitative estimate of drug-likeness (QED) is 0.511. The Morgan fingerprint density at radius 1 is 1.11 bits per heavy atom. The van der Waals surface area contributed by atoms with Gasteiger partial charge in [-0.1, -0.05) is 0 Å². The molecule has 1 aliphatic rings. The lowest BCUT2D eigenvalue weighted by Crippen LogP contribution is -2.50. The minimum atomic E-state index is -0.339. The molecule has 9 nitrogen and oxygen atoms in total. The number of carbonyl (C=O) groups is 3. The number of nitrogens with zero attached hydrogens (tertiary/aromatic N) is 4. The van der Waals surface area contributed by atoms with Crippen LogP contribution in [0.3, 0.4) is 0 Å². The van der Waals surface area contributed by atoms with Gasteiger partial charge in [0.25, 0.3) is 5.91 Å². The molecule has 184 valence electrons. The number of anilines is 2. The van der Waals surface area contributed by atoms with E-state index in [1.54, 1.807) is 44.3 Å². The summed E-state index contributed by atoms with van der Waals surface area (Å²) in [6.45, 7) is 3.91. The van der Waals surface area contributed by atoms with Crippen LogP contribution in [-0.4, -0.2) is 70.1 Å². The van der Waals surface area contributed by atoms with Gasteiger partial charge in [-0.25, -0.2) is 9.37 Å². The molecule has 1 aliphatic heterocycles. The molecule has 0 spiro atoms. The Labute approximate surface area is 206 Å². The highest BCUT2D eigenvalue weighted by atomic mass is 32.1. The molecular weight excluding hydrogens is 473 g/mol. The molecule has 0 bridgehead atoms. The number of furan rings is 1. The molecule has 1 aromatic carbocycles. The van der Waals surface area contributed by atoms with E-state index < -0.39 is 0 Å². The fourth-order valence-electron chi connectivity index (χ4n) is 3.75. The summed E-state index contributed by atoms with van der Waals surface area (Å²) in [7, 11) is 0. The van der Waals surface area contributed by atoms with Crippen molar-refractivity contribution in [3.63, 3.8) is 0 Å². The largest absolute Gasteiger partial charge is 0.467 e. The molecule has 4 rings (SSSR count). The zero-order valence-electron chi connectivity index (χ0n) is 19.3. The summed E-state index contributed by atoms with van der Waals surface area (Å²) in [5.41, 5.74) is 0.899. The van der Waals surface area contributed by atoms with Crippen molar-refractivity contribution in [1.29, 1.82) is 0 Å². The number of thiazole rings is 1. The normalized spacial score (nSPS) is 13.5. The number of rotatable bonds is 8. The van der Waals surface area contributed by atoms with Crippen molar-refractivity contribution < 1.29 is 23.2 Å². The molecule has 3 amide bonds. The van der Waals surface area contributed by atoms with Gasteiger partial charge in [0.15, 0.2) is 5.13 Å².